The van der Waals surface area contributed by atoms with Crippen LogP contribution in [0.3, 0.4) is 0 Å². The Morgan fingerprint density at radius 1 is 1.40 bits per heavy atom. The molecule has 0 bridgehead atoms. The molecule has 0 spiro atoms. The summed E-state index contributed by atoms with van der Waals surface area (Å²) in [5, 5.41) is -0.396. The molecule has 5 heteroatoms. The van der Waals surface area contributed by atoms with Gasteiger partial charge in [-0.05, 0) is 18.1 Å². The molecule has 2 heterocycles. The fourth-order valence-electron chi connectivity index (χ4n) is 2.42. The Labute approximate surface area is 127 Å². The average Bonchev–Trinajstić information content (AvgIpc) is 2.81. The number of nitrogens with zero attached hydrogens (tertiary/aromatic N) is 1. The lowest BCUT2D eigenvalue weighted by molar-refractivity contribution is -0.132. The zero-order chi connectivity index (χ0) is 14.3. The Bertz CT molecular complexity index is 649. The smallest absolute Gasteiger partial charge is 0.258 e. The molecule has 1 fully saturated rings. The third-order valence-corrected chi connectivity index (χ3v) is 5.04. The van der Waals surface area contributed by atoms with Gasteiger partial charge in [-0.2, -0.15) is 0 Å². The predicted molar refractivity (Wildman–Crippen MR) is 84.0 cm³/mol. The highest BCUT2D eigenvalue weighted by atomic mass is 32.2. The van der Waals surface area contributed by atoms with Gasteiger partial charge in [-0.1, -0.05) is 61.6 Å². The van der Waals surface area contributed by atoms with Crippen molar-refractivity contribution < 1.29 is 9.59 Å². The summed E-state index contributed by atoms with van der Waals surface area (Å²) in [6.07, 6.45) is 2.64. The third kappa shape index (κ3) is 2.01. The minimum Gasteiger partial charge on any atom is -0.286 e. The van der Waals surface area contributed by atoms with Crippen LogP contribution in [0.25, 0.3) is 6.08 Å². The van der Waals surface area contributed by atoms with Crippen LogP contribution in [0.1, 0.15) is 18.9 Å². The number of hydrogen-bond acceptors (Lipinski definition) is 3. The molecule has 2 aliphatic heterocycles. The molecule has 1 aromatic carbocycles. The molecule has 1 unspecified atom stereocenters. The molecular formula is C15H13NO2S2. The molecule has 1 saturated heterocycles. The van der Waals surface area contributed by atoms with Crippen LogP contribution in [0.4, 0.5) is 0 Å². The molecule has 3 nitrogen and oxygen atoms in total. The number of amides is 1. The summed E-state index contributed by atoms with van der Waals surface area (Å²) in [5.74, 6) is -0.0906. The minimum absolute atomic E-state index is 0.0660. The minimum atomic E-state index is -0.330. The van der Waals surface area contributed by atoms with Gasteiger partial charge in [0.15, 0.2) is 0 Å². The third-order valence-electron chi connectivity index (χ3n) is 3.37. The maximum absolute atomic E-state index is 12.2. The number of thioether (sulfide) groups is 1. The van der Waals surface area contributed by atoms with Gasteiger partial charge in [0, 0.05) is 4.91 Å². The van der Waals surface area contributed by atoms with Crippen molar-refractivity contribution >= 4 is 41.5 Å². The second-order valence-corrected chi connectivity index (χ2v) is 6.17. The Morgan fingerprint density at radius 3 is 2.70 bits per heavy atom. The van der Waals surface area contributed by atoms with E-state index in [-0.39, 0.29) is 16.4 Å². The quantitative estimate of drug-likeness (QED) is 0.530. The maximum Gasteiger partial charge on any atom is 0.258 e. The monoisotopic (exact) mass is 303 g/mol. The van der Waals surface area contributed by atoms with Crippen LogP contribution in [0.15, 0.2) is 46.5 Å². The molecule has 1 amide bonds. The summed E-state index contributed by atoms with van der Waals surface area (Å²) in [6.45, 7) is 1.98. The molecule has 1 atom stereocenters. The van der Waals surface area contributed by atoms with Crippen LogP contribution in [0, 0.1) is 0 Å². The number of benzene rings is 1. The highest BCUT2D eigenvalue weighted by molar-refractivity contribution is 8.04. The zero-order valence-electron chi connectivity index (χ0n) is 10.9. The number of allylic oxidation sites excluding steroid dienone is 1. The van der Waals surface area contributed by atoms with E-state index in [1.165, 1.54) is 0 Å². The van der Waals surface area contributed by atoms with Crippen LogP contribution in [-0.4, -0.2) is 21.3 Å². The molecule has 0 radical (unpaired) electrons. The van der Waals surface area contributed by atoms with Gasteiger partial charge < -0.3 is 0 Å². The largest absolute Gasteiger partial charge is 0.286 e. The molecule has 3 rings (SSSR count). The Kier molecular flexibility index (Phi) is 3.48. The van der Waals surface area contributed by atoms with Crippen molar-refractivity contribution in [3.05, 3.63) is 52.1 Å². The van der Waals surface area contributed by atoms with Crippen LogP contribution in [0.2, 0.25) is 0 Å². The lowest BCUT2D eigenvalue weighted by Crippen LogP contribution is -2.50. The maximum atomic E-state index is 12.2. The second-order valence-electron chi connectivity index (χ2n) is 4.59. The number of hydrogen-bond donors (Lipinski definition) is 1. The van der Waals surface area contributed by atoms with Crippen molar-refractivity contribution in [3.8, 4) is 0 Å². The first-order valence-electron chi connectivity index (χ1n) is 6.36. The summed E-state index contributed by atoms with van der Waals surface area (Å²) in [4.78, 5) is 26.4. The molecule has 20 heavy (non-hydrogen) atoms. The number of fused-ring (bicyclic) bond motifs is 1. The van der Waals surface area contributed by atoms with E-state index in [1.807, 2.05) is 43.3 Å². The highest BCUT2D eigenvalue weighted by Gasteiger charge is 2.51. The fraction of sp³-hybridized carbons (Fsp3) is 0.200. The lowest BCUT2D eigenvalue weighted by Gasteiger charge is -2.37. The summed E-state index contributed by atoms with van der Waals surface area (Å²) >= 11 is 5.46. The summed E-state index contributed by atoms with van der Waals surface area (Å²) in [5.41, 5.74) is 2.21. The first kappa shape index (κ1) is 13.5. The summed E-state index contributed by atoms with van der Waals surface area (Å²) in [7, 11) is 0. The fourth-order valence-corrected chi connectivity index (χ4v) is 4.08. The van der Waals surface area contributed by atoms with Gasteiger partial charge >= 0.3 is 0 Å². The van der Waals surface area contributed by atoms with E-state index in [2.05, 4.69) is 12.6 Å². The van der Waals surface area contributed by atoms with Gasteiger partial charge in [0.1, 0.15) is 11.1 Å². The highest BCUT2D eigenvalue weighted by Crippen LogP contribution is 2.50. The Morgan fingerprint density at radius 2 is 2.10 bits per heavy atom. The first-order chi connectivity index (χ1) is 9.63. The number of carbonyl (C=O) groups is 2. The number of carbonyl (C=O) groups excluding carboxylic acids is 2. The topological polar surface area (TPSA) is 37.4 Å². The second kappa shape index (κ2) is 5.14. The van der Waals surface area contributed by atoms with Crippen molar-refractivity contribution in [2.75, 3.05) is 0 Å². The molecular weight excluding hydrogens is 290 g/mol. The number of β-lactam (4-membered cyclic amide) rings is 1. The van der Waals surface area contributed by atoms with Gasteiger partial charge in [0.2, 0.25) is 5.12 Å². The molecule has 0 aliphatic carbocycles. The van der Waals surface area contributed by atoms with Crippen molar-refractivity contribution in [1.82, 2.24) is 4.90 Å². The van der Waals surface area contributed by atoms with Gasteiger partial charge in [0.05, 0.1) is 5.57 Å². The SMILES string of the molecule is CCC1=C(C(=O)S)N2C(=O)/C(=C/c3ccccc3)C2S1. The van der Waals surface area contributed by atoms with Crippen molar-refractivity contribution in [2.24, 2.45) is 0 Å². The predicted octanol–water partition coefficient (Wildman–Crippen LogP) is 3.06. The Hall–Kier alpha value is -1.46. The van der Waals surface area contributed by atoms with Gasteiger partial charge in [-0.25, -0.2) is 0 Å². The number of rotatable bonds is 3. The van der Waals surface area contributed by atoms with E-state index >= 15 is 0 Å². The summed E-state index contributed by atoms with van der Waals surface area (Å²) in [6, 6.07) is 9.74. The van der Waals surface area contributed by atoms with Crippen molar-refractivity contribution in [3.63, 3.8) is 0 Å². The van der Waals surface area contributed by atoms with Crippen LogP contribution in [-0.2, 0) is 9.59 Å². The van der Waals surface area contributed by atoms with Gasteiger partial charge in [-0.15, -0.1) is 0 Å². The van der Waals surface area contributed by atoms with E-state index in [4.69, 9.17) is 0 Å². The average molecular weight is 303 g/mol. The first-order valence-corrected chi connectivity index (χ1v) is 7.69. The van der Waals surface area contributed by atoms with Crippen LogP contribution < -0.4 is 0 Å². The molecule has 2 aliphatic rings. The van der Waals surface area contributed by atoms with Gasteiger partial charge in [-0.3, -0.25) is 14.5 Å². The van der Waals surface area contributed by atoms with Crippen LogP contribution >= 0.6 is 24.4 Å². The molecule has 0 aromatic heterocycles. The van der Waals surface area contributed by atoms with Gasteiger partial charge in [0.25, 0.3) is 5.91 Å². The van der Waals surface area contributed by atoms with E-state index in [1.54, 1.807) is 16.7 Å². The lowest BCUT2D eigenvalue weighted by atomic mass is 10.0. The standard InChI is InChI=1S/C15H13NO2S2/c1-2-11-12(15(18)19)16-13(17)10(14(16)20-11)8-9-6-4-3-5-7-9/h3-8,14H,2H2,1H3,(H,18,19)/b10-8-. The Balaban J connectivity index is 1.92. The van der Waals surface area contributed by atoms with Crippen LogP contribution in [0.5, 0.6) is 0 Å². The molecule has 0 N–H and O–H groups in total. The van der Waals surface area contributed by atoms with E-state index < -0.39 is 0 Å². The van der Waals surface area contributed by atoms with E-state index in [0.717, 1.165) is 22.5 Å². The van der Waals surface area contributed by atoms with Crippen molar-refractivity contribution in [1.29, 1.82) is 0 Å². The number of thiol groups is 1. The normalized spacial score (nSPS) is 23.1. The van der Waals surface area contributed by atoms with Crippen molar-refractivity contribution in [2.45, 2.75) is 18.7 Å². The van der Waals surface area contributed by atoms with E-state index in [9.17, 15) is 9.59 Å². The summed E-state index contributed by atoms with van der Waals surface area (Å²) < 4.78 is 0. The zero-order valence-corrected chi connectivity index (χ0v) is 12.6. The van der Waals surface area contributed by atoms with E-state index in [0.29, 0.717) is 5.70 Å². The molecule has 102 valence electrons. The molecule has 1 aromatic rings. The molecule has 0 saturated carbocycles.